The summed E-state index contributed by atoms with van der Waals surface area (Å²) < 4.78 is 4.31. The highest BCUT2D eigenvalue weighted by Gasteiger charge is 2.20. The average Bonchev–Trinajstić information content (AvgIpc) is 3.45. The highest BCUT2D eigenvalue weighted by atomic mass is 35.5. The molecule has 0 saturated heterocycles. The summed E-state index contributed by atoms with van der Waals surface area (Å²) in [7, 11) is 0. The fourth-order valence-corrected chi connectivity index (χ4v) is 5.03. The molecule has 1 aliphatic heterocycles. The number of aromatic nitrogens is 6. The van der Waals surface area contributed by atoms with Crippen LogP contribution in [0.2, 0.25) is 15.1 Å². The molecule has 2 N–H and O–H groups in total. The van der Waals surface area contributed by atoms with Gasteiger partial charge in [0.2, 0.25) is 11.9 Å². The van der Waals surface area contributed by atoms with Crippen LogP contribution in [0.3, 0.4) is 0 Å². The smallest absolute Gasteiger partial charge is 0.354 e. The molecule has 0 saturated carbocycles. The minimum atomic E-state index is -0.799. The molecule has 1 aliphatic rings. The van der Waals surface area contributed by atoms with Gasteiger partial charge in [0.05, 0.1) is 45.2 Å². The third-order valence-corrected chi connectivity index (χ3v) is 7.12. The van der Waals surface area contributed by atoms with E-state index in [2.05, 4.69) is 25.6 Å². The van der Waals surface area contributed by atoms with Crippen molar-refractivity contribution in [2.24, 2.45) is 0 Å². The largest absolute Gasteiger partial charge is 0.359 e. The van der Waals surface area contributed by atoms with Gasteiger partial charge in [-0.1, -0.05) is 40.9 Å². The number of aryl methyl sites for hydroxylation is 1. The van der Waals surface area contributed by atoms with Crippen LogP contribution < -0.4 is 22.0 Å². The number of halogens is 3. The lowest BCUT2D eigenvalue weighted by Gasteiger charge is -2.17. The third kappa shape index (κ3) is 4.30. The minimum absolute atomic E-state index is 0.0196. The molecule has 0 bridgehead atoms. The Bertz CT molecular complexity index is 1860. The summed E-state index contributed by atoms with van der Waals surface area (Å²) in [6.45, 7) is 3.53. The van der Waals surface area contributed by atoms with E-state index in [1.165, 1.54) is 23.0 Å². The lowest BCUT2D eigenvalue weighted by molar-refractivity contribution is 0.656. The Hall–Kier alpha value is -3.86. The average molecular weight is 570 g/mol. The molecule has 10 nitrogen and oxygen atoms in total. The van der Waals surface area contributed by atoms with Crippen molar-refractivity contribution in [3.8, 4) is 5.69 Å². The molecule has 13 heteroatoms. The summed E-state index contributed by atoms with van der Waals surface area (Å²) in [6.07, 6.45) is 2.78. The first-order valence-corrected chi connectivity index (χ1v) is 12.7. The van der Waals surface area contributed by atoms with Crippen molar-refractivity contribution < 1.29 is 0 Å². The molecule has 0 radical (unpaired) electrons. The maximum Gasteiger partial charge on any atom is 0.359 e. The first-order valence-electron chi connectivity index (χ1n) is 11.6. The Morgan fingerprint density at radius 2 is 1.87 bits per heavy atom. The fraction of sp³-hybridized carbons (Fsp3) is 0.160. The maximum atomic E-state index is 13.8. The van der Waals surface area contributed by atoms with Crippen LogP contribution in [0.1, 0.15) is 11.1 Å². The molecule has 38 heavy (non-hydrogen) atoms. The van der Waals surface area contributed by atoms with Gasteiger partial charge < -0.3 is 15.2 Å². The summed E-state index contributed by atoms with van der Waals surface area (Å²) >= 11 is 18.9. The van der Waals surface area contributed by atoms with Gasteiger partial charge in [0, 0.05) is 24.3 Å². The number of nitrogens with one attached hydrogen (secondary N) is 2. The molecule has 4 heterocycles. The van der Waals surface area contributed by atoms with Crippen LogP contribution in [0.15, 0.2) is 58.4 Å². The molecule has 0 spiro atoms. The number of hydrogen-bond acceptors (Lipinski definition) is 7. The van der Waals surface area contributed by atoms with E-state index < -0.39 is 11.4 Å². The van der Waals surface area contributed by atoms with Crippen LogP contribution in [-0.4, -0.2) is 35.2 Å². The Morgan fingerprint density at radius 1 is 1.03 bits per heavy atom. The van der Waals surface area contributed by atoms with Crippen molar-refractivity contribution in [2.45, 2.75) is 20.0 Å². The van der Waals surface area contributed by atoms with Crippen LogP contribution in [0.5, 0.6) is 0 Å². The van der Waals surface area contributed by atoms with E-state index in [0.29, 0.717) is 15.7 Å². The van der Waals surface area contributed by atoms with E-state index in [9.17, 15) is 9.59 Å². The summed E-state index contributed by atoms with van der Waals surface area (Å²) in [6, 6.07) is 10.4. The summed E-state index contributed by atoms with van der Waals surface area (Å²) in [5, 5.41) is 7.49. The predicted octanol–water partition coefficient (Wildman–Crippen LogP) is 4.62. The fourth-order valence-electron chi connectivity index (χ4n) is 4.46. The second-order valence-corrected chi connectivity index (χ2v) is 10.1. The number of anilines is 3. The number of pyridine rings is 1. The van der Waals surface area contributed by atoms with Gasteiger partial charge in [-0.3, -0.25) is 9.55 Å². The summed E-state index contributed by atoms with van der Waals surface area (Å²) in [4.78, 5) is 39.8. The zero-order valence-electron chi connectivity index (χ0n) is 19.9. The number of imidazole rings is 1. The van der Waals surface area contributed by atoms with Crippen molar-refractivity contribution >= 4 is 63.4 Å². The van der Waals surface area contributed by atoms with E-state index in [0.717, 1.165) is 45.8 Å². The van der Waals surface area contributed by atoms with Crippen LogP contribution in [-0.2, 0) is 13.1 Å². The number of fused-ring (bicyclic) bond motifs is 3. The maximum absolute atomic E-state index is 13.8. The van der Waals surface area contributed by atoms with Gasteiger partial charge in [-0.05, 0) is 48.4 Å². The Balaban J connectivity index is 1.52. The van der Waals surface area contributed by atoms with Crippen LogP contribution in [0.25, 0.3) is 16.7 Å². The van der Waals surface area contributed by atoms with Crippen LogP contribution in [0, 0.1) is 6.92 Å². The molecule has 0 amide bonds. The molecule has 6 rings (SSSR count). The van der Waals surface area contributed by atoms with E-state index in [-0.39, 0.29) is 23.2 Å². The molecule has 0 unspecified atom stereocenters. The quantitative estimate of drug-likeness (QED) is 0.318. The van der Waals surface area contributed by atoms with Gasteiger partial charge in [-0.15, -0.1) is 0 Å². The standard InChI is InChI=1S/C25H19Cl3N8O2/c1-13-2-3-15(26)6-14(13)12-35-23(33-24(37)36(25(35)38)17-7-16(27)10-29-11-17)31-19-9-21-20(8-18(19)28)32-22-30-4-5-34(21)22/h2-3,6-11H,4-5,12H2,1H3,(H,30,32)(H,31,33,37). The number of benzene rings is 2. The molecular weight excluding hydrogens is 551 g/mol. The van der Waals surface area contributed by atoms with Crippen molar-refractivity contribution in [2.75, 3.05) is 17.2 Å². The highest BCUT2D eigenvalue weighted by molar-refractivity contribution is 6.34. The Labute approximate surface area is 230 Å². The Kier molecular flexibility index (Phi) is 6.10. The molecule has 0 atom stereocenters. The van der Waals surface area contributed by atoms with Gasteiger partial charge >= 0.3 is 11.4 Å². The minimum Gasteiger partial charge on any atom is -0.354 e. The van der Waals surface area contributed by atoms with Gasteiger partial charge in [-0.2, -0.15) is 4.98 Å². The molecule has 5 aromatic rings. The van der Waals surface area contributed by atoms with Crippen molar-refractivity contribution in [1.29, 1.82) is 0 Å². The van der Waals surface area contributed by atoms with Gasteiger partial charge in [0.1, 0.15) is 0 Å². The molecular formula is C25H19Cl3N8O2. The van der Waals surface area contributed by atoms with Gasteiger partial charge in [0.25, 0.3) is 0 Å². The predicted molar refractivity (Wildman–Crippen MR) is 149 cm³/mol. The topological polar surface area (TPSA) is 112 Å². The second kappa shape index (κ2) is 9.46. The van der Waals surface area contributed by atoms with Crippen molar-refractivity contribution in [3.05, 3.63) is 96.0 Å². The lowest BCUT2D eigenvalue weighted by Crippen LogP contribution is -2.41. The first-order chi connectivity index (χ1) is 18.3. The second-order valence-electron chi connectivity index (χ2n) is 8.81. The normalized spacial score (nSPS) is 12.5. The third-order valence-electron chi connectivity index (χ3n) is 6.36. The molecule has 192 valence electrons. The number of hydrogen-bond donors (Lipinski definition) is 2. The lowest BCUT2D eigenvalue weighted by atomic mass is 10.1. The van der Waals surface area contributed by atoms with Gasteiger partial charge in [0.15, 0.2) is 0 Å². The zero-order chi connectivity index (χ0) is 26.6. The number of nitrogens with zero attached hydrogens (tertiary/aromatic N) is 6. The van der Waals surface area contributed by atoms with Crippen LogP contribution in [0.4, 0.5) is 17.6 Å². The SMILES string of the molecule is Cc1ccc(Cl)cc1Cn1c(Nc2cc3c(cc2Cl)nc2n3CCN2)nc(=O)n(-c2cncc(Cl)c2)c1=O. The van der Waals surface area contributed by atoms with E-state index in [4.69, 9.17) is 34.8 Å². The van der Waals surface area contributed by atoms with E-state index in [1.807, 2.05) is 23.6 Å². The van der Waals surface area contributed by atoms with E-state index in [1.54, 1.807) is 18.2 Å². The molecule has 3 aromatic heterocycles. The highest BCUT2D eigenvalue weighted by Crippen LogP contribution is 2.32. The van der Waals surface area contributed by atoms with Crippen molar-refractivity contribution in [3.63, 3.8) is 0 Å². The number of rotatable bonds is 5. The van der Waals surface area contributed by atoms with Gasteiger partial charge in [-0.25, -0.2) is 19.1 Å². The first kappa shape index (κ1) is 24.5. The summed E-state index contributed by atoms with van der Waals surface area (Å²) in [5.74, 6) is 0.781. The molecule has 0 aliphatic carbocycles. The van der Waals surface area contributed by atoms with Crippen LogP contribution >= 0.6 is 34.8 Å². The monoisotopic (exact) mass is 568 g/mol. The Morgan fingerprint density at radius 3 is 2.68 bits per heavy atom. The summed E-state index contributed by atoms with van der Waals surface area (Å²) in [5.41, 5.74) is 2.51. The molecule has 2 aromatic carbocycles. The molecule has 0 fully saturated rings. The zero-order valence-corrected chi connectivity index (χ0v) is 22.1. The van der Waals surface area contributed by atoms with Crippen molar-refractivity contribution in [1.82, 2.24) is 28.7 Å². The van der Waals surface area contributed by atoms with E-state index >= 15 is 0 Å².